The highest BCUT2D eigenvalue weighted by atomic mass is 32.2. The number of methoxy groups -OCH3 is 1. The Balaban J connectivity index is 1.80. The van der Waals surface area contributed by atoms with E-state index in [2.05, 4.69) is 37.0 Å². The zero-order valence-electron chi connectivity index (χ0n) is 12.5. The summed E-state index contributed by atoms with van der Waals surface area (Å²) in [4.78, 5) is 8.31. The van der Waals surface area contributed by atoms with Crippen LogP contribution in [0.3, 0.4) is 0 Å². The fourth-order valence-electron chi connectivity index (χ4n) is 1.87. The van der Waals surface area contributed by atoms with E-state index >= 15 is 0 Å². The molecule has 0 amide bonds. The number of thioether (sulfide) groups is 1. The highest BCUT2D eigenvalue weighted by Crippen LogP contribution is 2.16. The maximum absolute atomic E-state index is 5.05. The number of nitrogens with zero attached hydrogens (tertiary/aromatic N) is 5. The van der Waals surface area contributed by atoms with E-state index in [1.54, 1.807) is 25.2 Å². The van der Waals surface area contributed by atoms with Crippen LogP contribution in [0.2, 0.25) is 0 Å². The van der Waals surface area contributed by atoms with Crippen molar-refractivity contribution >= 4 is 17.6 Å². The summed E-state index contributed by atoms with van der Waals surface area (Å²) in [6, 6.07) is 1.90. The molecule has 0 aromatic carbocycles. The summed E-state index contributed by atoms with van der Waals surface area (Å²) in [5.41, 5.74) is 0.865. The van der Waals surface area contributed by atoms with Gasteiger partial charge in [-0.15, -0.1) is 10.2 Å². The zero-order valence-corrected chi connectivity index (χ0v) is 13.4. The van der Waals surface area contributed by atoms with Gasteiger partial charge in [-0.1, -0.05) is 11.8 Å². The Morgan fingerprint density at radius 3 is 2.95 bits per heavy atom. The molecule has 0 fully saturated rings. The summed E-state index contributed by atoms with van der Waals surface area (Å²) in [5.74, 6) is 2.65. The molecule has 0 aliphatic carbocycles. The van der Waals surface area contributed by atoms with E-state index in [-0.39, 0.29) is 0 Å². The van der Waals surface area contributed by atoms with Crippen LogP contribution in [0.25, 0.3) is 0 Å². The first-order valence-corrected chi connectivity index (χ1v) is 7.79. The third kappa shape index (κ3) is 4.40. The summed E-state index contributed by atoms with van der Waals surface area (Å²) in [6.45, 7) is 6.24. The minimum Gasteiger partial charge on any atom is -0.378 e. The molecule has 114 valence electrons. The smallest absolute Gasteiger partial charge is 0.191 e. The molecule has 0 aliphatic rings. The van der Waals surface area contributed by atoms with Gasteiger partial charge in [-0.3, -0.25) is 0 Å². The molecule has 1 N–H and O–H groups in total. The SMILES string of the molecule is CCn1c(C)nnc1SCCNc1cc(COC)ncn1. The quantitative estimate of drug-likeness (QED) is 0.588. The highest BCUT2D eigenvalue weighted by molar-refractivity contribution is 7.99. The Morgan fingerprint density at radius 2 is 2.19 bits per heavy atom. The Labute approximate surface area is 128 Å². The fourth-order valence-corrected chi connectivity index (χ4v) is 2.78. The van der Waals surface area contributed by atoms with Crippen LogP contribution < -0.4 is 5.32 Å². The molecule has 0 atom stereocenters. The van der Waals surface area contributed by atoms with Gasteiger partial charge < -0.3 is 14.6 Å². The summed E-state index contributed by atoms with van der Waals surface area (Å²) < 4.78 is 7.16. The molecule has 0 saturated carbocycles. The molecule has 0 spiro atoms. The topological polar surface area (TPSA) is 77.8 Å². The second-order valence-electron chi connectivity index (χ2n) is 4.38. The molecule has 2 aromatic rings. The standard InChI is InChI=1S/C13H20N6OS/c1-4-19-10(2)17-18-13(19)21-6-5-14-12-7-11(8-20-3)15-9-16-12/h7,9H,4-6,8H2,1-3H3,(H,14,15,16). The number of aromatic nitrogens is 5. The number of hydrogen-bond donors (Lipinski definition) is 1. The first-order chi connectivity index (χ1) is 10.2. The molecule has 0 unspecified atom stereocenters. The molecule has 8 heteroatoms. The average Bonchev–Trinajstić information content (AvgIpc) is 2.84. The van der Waals surface area contributed by atoms with Gasteiger partial charge in [0.15, 0.2) is 5.16 Å². The summed E-state index contributed by atoms with van der Waals surface area (Å²) >= 11 is 1.68. The number of anilines is 1. The molecule has 0 bridgehead atoms. The van der Waals surface area contributed by atoms with Gasteiger partial charge >= 0.3 is 0 Å². The maximum Gasteiger partial charge on any atom is 0.191 e. The number of rotatable bonds is 8. The minimum absolute atomic E-state index is 0.491. The lowest BCUT2D eigenvalue weighted by Gasteiger charge is -2.07. The molecular weight excluding hydrogens is 288 g/mol. The molecule has 2 heterocycles. The molecule has 7 nitrogen and oxygen atoms in total. The van der Waals surface area contributed by atoms with Crippen molar-refractivity contribution < 1.29 is 4.74 Å². The first kappa shape index (κ1) is 15.7. The minimum atomic E-state index is 0.491. The van der Waals surface area contributed by atoms with Gasteiger partial charge in [0, 0.05) is 32.0 Å². The normalized spacial score (nSPS) is 10.8. The van der Waals surface area contributed by atoms with Crippen molar-refractivity contribution in [2.24, 2.45) is 0 Å². The van der Waals surface area contributed by atoms with Gasteiger partial charge in [0.05, 0.1) is 12.3 Å². The van der Waals surface area contributed by atoms with Gasteiger partial charge in [0.2, 0.25) is 0 Å². The molecule has 2 rings (SSSR count). The monoisotopic (exact) mass is 308 g/mol. The van der Waals surface area contributed by atoms with Crippen LogP contribution in [0.1, 0.15) is 18.4 Å². The van der Waals surface area contributed by atoms with Gasteiger partial charge in [-0.25, -0.2) is 9.97 Å². The lowest BCUT2D eigenvalue weighted by Crippen LogP contribution is -2.08. The second-order valence-corrected chi connectivity index (χ2v) is 5.44. The third-order valence-electron chi connectivity index (χ3n) is 2.87. The number of aryl methyl sites for hydroxylation is 1. The molecule has 0 saturated heterocycles. The van der Waals surface area contributed by atoms with Crippen molar-refractivity contribution in [1.29, 1.82) is 0 Å². The Bertz CT molecular complexity index is 574. The van der Waals surface area contributed by atoms with Crippen LogP contribution in [-0.2, 0) is 17.9 Å². The molecule has 0 aliphatic heterocycles. The van der Waals surface area contributed by atoms with E-state index in [9.17, 15) is 0 Å². The van der Waals surface area contributed by atoms with E-state index in [0.29, 0.717) is 6.61 Å². The van der Waals surface area contributed by atoms with Gasteiger partial charge in [-0.05, 0) is 13.8 Å². The van der Waals surface area contributed by atoms with Crippen LogP contribution in [-0.4, -0.2) is 44.1 Å². The van der Waals surface area contributed by atoms with Gasteiger partial charge in [0.1, 0.15) is 18.0 Å². The predicted molar refractivity (Wildman–Crippen MR) is 82.4 cm³/mol. The van der Waals surface area contributed by atoms with E-state index in [1.807, 2.05) is 13.0 Å². The lowest BCUT2D eigenvalue weighted by atomic mass is 10.4. The molecule has 0 radical (unpaired) electrons. The van der Waals surface area contributed by atoms with E-state index in [0.717, 1.165) is 41.3 Å². The van der Waals surface area contributed by atoms with Crippen molar-refractivity contribution in [1.82, 2.24) is 24.7 Å². The van der Waals surface area contributed by atoms with Crippen LogP contribution in [0.4, 0.5) is 5.82 Å². The third-order valence-corrected chi connectivity index (χ3v) is 3.84. The Hall–Kier alpha value is -1.67. The van der Waals surface area contributed by atoms with Gasteiger partial charge in [0.25, 0.3) is 0 Å². The number of hydrogen-bond acceptors (Lipinski definition) is 7. The van der Waals surface area contributed by atoms with Crippen molar-refractivity contribution in [2.75, 3.05) is 24.7 Å². The molecule has 2 aromatic heterocycles. The Morgan fingerprint density at radius 1 is 1.33 bits per heavy atom. The second kappa shape index (κ2) is 7.94. The highest BCUT2D eigenvalue weighted by Gasteiger charge is 2.07. The summed E-state index contributed by atoms with van der Waals surface area (Å²) in [5, 5.41) is 12.5. The van der Waals surface area contributed by atoms with Crippen molar-refractivity contribution in [3.05, 3.63) is 23.9 Å². The predicted octanol–water partition coefficient (Wildman–Crippen LogP) is 1.75. The van der Waals surface area contributed by atoms with Crippen molar-refractivity contribution in [3.63, 3.8) is 0 Å². The van der Waals surface area contributed by atoms with E-state index in [1.165, 1.54) is 0 Å². The van der Waals surface area contributed by atoms with Crippen LogP contribution >= 0.6 is 11.8 Å². The molecular formula is C13H20N6OS. The van der Waals surface area contributed by atoms with E-state index in [4.69, 9.17) is 4.74 Å². The Kier molecular flexibility index (Phi) is 5.94. The lowest BCUT2D eigenvalue weighted by molar-refractivity contribution is 0.181. The fraction of sp³-hybridized carbons (Fsp3) is 0.538. The van der Waals surface area contributed by atoms with Crippen LogP contribution in [0.5, 0.6) is 0 Å². The molecule has 21 heavy (non-hydrogen) atoms. The van der Waals surface area contributed by atoms with E-state index < -0.39 is 0 Å². The van der Waals surface area contributed by atoms with Crippen LogP contribution in [0, 0.1) is 6.92 Å². The average molecular weight is 308 g/mol. The maximum atomic E-state index is 5.05. The summed E-state index contributed by atoms with van der Waals surface area (Å²) in [7, 11) is 1.65. The van der Waals surface area contributed by atoms with Crippen molar-refractivity contribution in [3.8, 4) is 0 Å². The largest absolute Gasteiger partial charge is 0.378 e. The van der Waals surface area contributed by atoms with Crippen molar-refractivity contribution in [2.45, 2.75) is 32.2 Å². The van der Waals surface area contributed by atoms with Crippen LogP contribution in [0.15, 0.2) is 17.6 Å². The number of ether oxygens (including phenoxy) is 1. The summed E-state index contributed by atoms with van der Waals surface area (Å²) in [6.07, 6.45) is 1.54. The first-order valence-electron chi connectivity index (χ1n) is 6.81. The zero-order chi connectivity index (χ0) is 15.1. The van der Waals surface area contributed by atoms with Gasteiger partial charge in [-0.2, -0.15) is 0 Å². The number of nitrogens with one attached hydrogen (secondary N) is 1.